The molecule has 1 atom stereocenters. The summed E-state index contributed by atoms with van der Waals surface area (Å²) in [6.45, 7) is 3.29. The molecule has 0 spiro atoms. The summed E-state index contributed by atoms with van der Waals surface area (Å²) >= 11 is 5.87. The van der Waals surface area contributed by atoms with Gasteiger partial charge in [-0.25, -0.2) is 13.1 Å². The van der Waals surface area contributed by atoms with Crippen molar-refractivity contribution in [1.29, 1.82) is 5.26 Å². The molecule has 1 aromatic rings. The fraction of sp³-hybridized carbons (Fsp3) is 0.417. The molecular formula is C12H15ClN2O3S. The Morgan fingerprint density at radius 2 is 2.11 bits per heavy atom. The van der Waals surface area contributed by atoms with E-state index in [0.717, 1.165) is 0 Å². The second kappa shape index (κ2) is 6.35. The Balaban J connectivity index is 3.11. The number of sulfonamides is 1. The first-order chi connectivity index (χ1) is 8.81. The molecule has 7 heteroatoms. The Hall–Kier alpha value is -1.13. The monoisotopic (exact) mass is 302 g/mol. The van der Waals surface area contributed by atoms with Crippen molar-refractivity contribution in [2.45, 2.75) is 24.8 Å². The van der Waals surface area contributed by atoms with E-state index in [-0.39, 0.29) is 28.0 Å². The first-order valence-electron chi connectivity index (χ1n) is 5.64. The van der Waals surface area contributed by atoms with Gasteiger partial charge in [0, 0.05) is 6.04 Å². The van der Waals surface area contributed by atoms with Gasteiger partial charge in [-0.1, -0.05) is 25.4 Å². The van der Waals surface area contributed by atoms with Gasteiger partial charge in [-0.05, 0) is 24.1 Å². The Labute approximate surface area is 117 Å². The van der Waals surface area contributed by atoms with Crippen LogP contribution in [0.25, 0.3) is 0 Å². The molecule has 0 fully saturated rings. The second-order valence-electron chi connectivity index (χ2n) is 4.41. The van der Waals surface area contributed by atoms with Gasteiger partial charge in [-0.2, -0.15) is 5.26 Å². The highest BCUT2D eigenvalue weighted by atomic mass is 35.5. The summed E-state index contributed by atoms with van der Waals surface area (Å²) in [4.78, 5) is -0.104. The van der Waals surface area contributed by atoms with Crippen LogP contribution < -0.4 is 4.72 Å². The largest absolute Gasteiger partial charge is 0.395 e. The molecule has 0 heterocycles. The van der Waals surface area contributed by atoms with E-state index in [9.17, 15) is 8.42 Å². The minimum Gasteiger partial charge on any atom is -0.395 e. The molecule has 0 bridgehead atoms. The first-order valence-corrected chi connectivity index (χ1v) is 7.50. The summed E-state index contributed by atoms with van der Waals surface area (Å²) in [5, 5.41) is 17.8. The molecule has 0 aliphatic heterocycles. The number of rotatable bonds is 5. The van der Waals surface area contributed by atoms with Crippen LogP contribution in [0.15, 0.2) is 23.1 Å². The Bertz CT molecular complexity index is 593. The van der Waals surface area contributed by atoms with Crippen LogP contribution in [-0.4, -0.2) is 26.2 Å². The van der Waals surface area contributed by atoms with Crippen LogP contribution in [0.3, 0.4) is 0 Å². The molecule has 1 aromatic carbocycles. The number of hydrogen-bond donors (Lipinski definition) is 2. The smallest absolute Gasteiger partial charge is 0.242 e. The maximum absolute atomic E-state index is 12.1. The Kier molecular flexibility index (Phi) is 5.32. The Morgan fingerprint density at radius 3 is 2.53 bits per heavy atom. The number of nitrogens with zero attached hydrogens (tertiary/aromatic N) is 1. The van der Waals surface area contributed by atoms with Crippen LogP contribution in [0.2, 0.25) is 5.02 Å². The van der Waals surface area contributed by atoms with Crippen molar-refractivity contribution in [3.63, 3.8) is 0 Å². The molecule has 5 nitrogen and oxygen atoms in total. The number of nitrogens with one attached hydrogen (secondary N) is 1. The summed E-state index contributed by atoms with van der Waals surface area (Å²) in [6, 6.07) is 5.24. The summed E-state index contributed by atoms with van der Waals surface area (Å²) in [5.74, 6) is -0.0584. The number of aliphatic hydroxyl groups is 1. The lowest BCUT2D eigenvalue weighted by Crippen LogP contribution is -2.41. The molecule has 0 saturated heterocycles. The van der Waals surface area contributed by atoms with Gasteiger partial charge in [0.2, 0.25) is 10.0 Å². The lowest BCUT2D eigenvalue weighted by molar-refractivity contribution is 0.227. The predicted octanol–water partition coefficient (Wildman–Crippen LogP) is 1.51. The minimum absolute atomic E-state index is 0.0213. The standard InChI is InChI=1S/C12H15ClN2O3S/c1-8(2)11(7-16)15-19(17,18)12-4-3-9(6-14)5-10(12)13/h3-5,8,11,15-16H,7H2,1-2H3/t11-/m1/s1. The normalized spacial score (nSPS) is 13.3. The van der Waals surface area contributed by atoms with Gasteiger partial charge >= 0.3 is 0 Å². The molecular weight excluding hydrogens is 288 g/mol. The molecule has 0 saturated carbocycles. The summed E-state index contributed by atoms with van der Waals surface area (Å²) in [7, 11) is -3.82. The predicted molar refractivity (Wildman–Crippen MR) is 72.2 cm³/mol. The maximum Gasteiger partial charge on any atom is 0.242 e. The van der Waals surface area contributed by atoms with E-state index in [1.165, 1.54) is 18.2 Å². The van der Waals surface area contributed by atoms with Gasteiger partial charge < -0.3 is 5.11 Å². The molecule has 0 aromatic heterocycles. The fourth-order valence-corrected chi connectivity index (χ4v) is 3.36. The third-order valence-electron chi connectivity index (χ3n) is 2.66. The maximum atomic E-state index is 12.1. The van der Waals surface area contributed by atoms with Gasteiger partial charge in [-0.3, -0.25) is 0 Å². The molecule has 0 amide bonds. The van der Waals surface area contributed by atoms with Crippen LogP contribution in [0.1, 0.15) is 19.4 Å². The molecule has 0 unspecified atom stereocenters. The fourth-order valence-electron chi connectivity index (χ4n) is 1.44. The van der Waals surface area contributed by atoms with Crippen LogP contribution in [-0.2, 0) is 10.0 Å². The van der Waals surface area contributed by atoms with Crippen molar-refractivity contribution in [3.05, 3.63) is 28.8 Å². The van der Waals surface area contributed by atoms with E-state index in [0.29, 0.717) is 0 Å². The zero-order valence-electron chi connectivity index (χ0n) is 10.6. The van der Waals surface area contributed by atoms with Gasteiger partial charge in [-0.15, -0.1) is 0 Å². The highest BCUT2D eigenvalue weighted by Crippen LogP contribution is 2.23. The molecule has 2 N–H and O–H groups in total. The summed E-state index contributed by atoms with van der Waals surface area (Å²) < 4.78 is 26.7. The average molecular weight is 303 g/mol. The van der Waals surface area contributed by atoms with Crippen LogP contribution in [0.4, 0.5) is 0 Å². The van der Waals surface area contributed by atoms with E-state index in [1.807, 2.05) is 6.07 Å². The quantitative estimate of drug-likeness (QED) is 0.862. The van der Waals surface area contributed by atoms with Crippen LogP contribution in [0.5, 0.6) is 0 Å². The lowest BCUT2D eigenvalue weighted by Gasteiger charge is -2.20. The van der Waals surface area contributed by atoms with Gasteiger partial charge in [0.15, 0.2) is 0 Å². The molecule has 19 heavy (non-hydrogen) atoms. The SMILES string of the molecule is CC(C)[C@@H](CO)NS(=O)(=O)c1ccc(C#N)cc1Cl. The van der Waals surface area contributed by atoms with Crippen molar-refractivity contribution in [1.82, 2.24) is 4.72 Å². The number of aliphatic hydroxyl groups excluding tert-OH is 1. The molecule has 104 valence electrons. The van der Waals surface area contributed by atoms with E-state index < -0.39 is 16.1 Å². The highest BCUT2D eigenvalue weighted by Gasteiger charge is 2.24. The molecule has 0 aliphatic rings. The van der Waals surface area contributed by atoms with Gasteiger partial charge in [0.05, 0.1) is 23.3 Å². The number of benzene rings is 1. The Morgan fingerprint density at radius 1 is 1.47 bits per heavy atom. The zero-order chi connectivity index (χ0) is 14.6. The van der Waals surface area contributed by atoms with Crippen molar-refractivity contribution >= 4 is 21.6 Å². The van der Waals surface area contributed by atoms with Crippen LogP contribution >= 0.6 is 11.6 Å². The van der Waals surface area contributed by atoms with E-state index in [4.69, 9.17) is 22.0 Å². The third kappa shape index (κ3) is 3.91. The number of nitriles is 1. The van der Waals surface area contributed by atoms with E-state index in [2.05, 4.69) is 4.72 Å². The van der Waals surface area contributed by atoms with E-state index in [1.54, 1.807) is 13.8 Å². The first kappa shape index (κ1) is 15.9. The topological polar surface area (TPSA) is 90.2 Å². The average Bonchev–Trinajstić information content (AvgIpc) is 2.35. The van der Waals surface area contributed by atoms with Crippen molar-refractivity contribution in [2.24, 2.45) is 5.92 Å². The molecule has 0 aliphatic carbocycles. The molecule has 0 radical (unpaired) electrons. The second-order valence-corrected chi connectivity index (χ2v) is 6.50. The number of halogens is 1. The van der Waals surface area contributed by atoms with Gasteiger partial charge in [0.25, 0.3) is 0 Å². The van der Waals surface area contributed by atoms with E-state index >= 15 is 0 Å². The van der Waals surface area contributed by atoms with Crippen molar-refractivity contribution in [2.75, 3.05) is 6.61 Å². The minimum atomic E-state index is -3.82. The van der Waals surface area contributed by atoms with Crippen molar-refractivity contribution < 1.29 is 13.5 Å². The summed E-state index contributed by atoms with van der Waals surface area (Å²) in [6.07, 6.45) is 0. The molecule has 1 rings (SSSR count). The lowest BCUT2D eigenvalue weighted by atomic mass is 10.1. The van der Waals surface area contributed by atoms with Crippen LogP contribution in [0, 0.1) is 17.2 Å². The highest BCUT2D eigenvalue weighted by molar-refractivity contribution is 7.89. The van der Waals surface area contributed by atoms with Gasteiger partial charge in [0.1, 0.15) is 4.90 Å². The zero-order valence-corrected chi connectivity index (χ0v) is 12.2. The van der Waals surface area contributed by atoms with Crippen molar-refractivity contribution in [3.8, 4) is 6.07 Å². The third-order valence-corrected chi connectivity index (χ3v) is 4.63. The summed E-state index contributed by atoms with van der Waals surface area (Å²) in [5.41, 5.74) is 0.284. The number of hydrogen-bond acceptors (Lipinski definition) is 4.